The minimum absolute atomic E-state index is 0.281. The Labute approximate surface area is 177 Å². The van der Waals surface area contributed by atoms with Crippen molar-refractivity contribution in [2.45, 2.75) is 32.8 Å². The highest BCUT2D eigenvalue weighted by Gasteiger charge is 2.12. The molecule has 2 N–H and O–H groups in total. The summed E-state index contributed by atoms with van der Waals surface area (Å²) in [4.78, 5) is 11.3. The van der Waals surface area contributed by atoms with Gasteiger partial charge in [0.2, 0.25) is 5.82 Å². The molecule has 0 fully saturated rings. The van der Waals surface area contributed by atoms with Gasteiger partial charge in [0.15, 0.2) is 6.61 Å². The van der Waals surface area contributed by atoms with Crippen LogP contribution >= 0.6 is 11.3 Å². The Balaban J connectivity index is 1.37. The molecule has 0 radical (unpaired) electrons. The van der Waals surface area contributed by atoms with Gasteiger partial charge in [-0.2, -0.15) is 15.2 Å². The molecule has 1 aromatic carbocycles. The van der Waals surface area contributed by atoms with Crippen molar-refractivity contribution in [1.29, 1.82) is 0 Å². The maximum absolute atomic E-state index is 5.64. The van der Waals surface area contributed by atoms with Crippen LogP contribution in [0.4, 0.5) is 5.82 Å². The first-order valence-electron chi connectivity index (χ1n) is 9.77. The van der Waals surface area contributed by atoms with Crippen LogP contribution in [0.3, 0.4) is 0 Å². The van der Waals surface area contributed by atoms with E-state index < -0.39 is 0 Å². The number of nitrogens with zero attached hydrogens (tertiary/aromatic N) is 5. The van der Waals surface area contributed by atoms with E-state index in [1.165, 1.54) is 10.4 Å². The van der Waals surface area contributed by atoms with Gasteiger partial charge in [-0.1, -0.05) is 30.7 Å². The topological polar surface area (TPSA) is 111 Å². The summed E-state index contributed by atoms with van der Waals surface area (Å²) in [5, 5.41) is 18.1. The molecule has 0 atom stereocenters. The fraction of sp³-hybridized carbons (Fsp3) is 0.350. The van der Waals surface area contributed by atoms with Gasteiger partial charge in [0, 0.05) is 11.4 Å². The highest BCUT2D eigenvalue weighted by Crippen LogP contribution is 2.31. The number of ether oxygens (including phenoxy) is 2. The lowest BCUT2D eigenvalue weighted by molar-refractivity contribution is 0.296. The quantitative estimate of drug-likeness (QED) is 0.398. The van der Waals surface area contributed by atoms with E-state index in [4.69, 9.17) is 9.47 Å². The van der Waals surface area contributed by atoms with Gasteiger partial charge in [0.25, 0.3) is 0 Å². The fourth-order valence-electron chi connectivity index (χ4n) is 3.02. The van der Waals surface area contributed by atoms with Crippen molar-refractivity contribution in [1.82, 2.24) is 30.6 Å². The first-order valence-corrected chi connectivity index (χ1v) is 10.6. The predicted octanol–water partition coefficient (Wildman–Crippen LogP) is 3.40. The van der Waals surface area contributed by atoms with Crippen LogP contribution in [0.15, 0.2) is 30.3 Å². The number of nitrogens with one attached hydrogen (secondary N) is 2. The van der Waals surface area contributed by atoms with Crippen LogP contribution in [-0.2, 0) is 19.4 Å². The normalized spacial score (nSPS) is 11.0. The summed E-state index contributed by atoms with van der Waals surface area (Å²) in [6.45, 7) is 3.21. The number of H-pyrrole nitrogens is 1. The van der Waals surface area contributed by atoms with Gasteiger partial charge >= 0.3 is 6.01 Å². The van der Waals surface area contributed by atoms with Crippen molar-refractivity contribution >= 4 is 27.4 Å². The number of fused-ring (bicyclic) bond motifs is 1. The van der Waals surface area contributed by atoms with Crippen molar-refractivity contribution in [2.24, 2.45) is 0 Å². The molecule has 10 heteroatoms. The van der Waals surface area contributed by atoms with Crippen LogP contribution in [0, 0.1) is 0 Å². The largest absolute Gasteiger partial charge is 0.485 e. The number of benzene rings is 1. The number of aromatic amines is 1. The van der Waals surface area contributed by atoms with E-state index in [9.17, 15) is 0 Å². The first kappa shape index (κ1) is 20.0. The number of aromatic nitrogens is 6. The smallest absolute Gasteiger partial charge is 0.319 e. The molecule has 156 valence electrons. The maximum Gasteiger partial charge on any atom is 0.319 e. The van der Waals surface area contributed by atoms with Crippen LogP contribution in [0.5, 0.6) is 11.8 Å². The van der Waals surface area contributed by atoms with Crippen LogP contribution in [-0.4, -0.2) is 44.2 Å². The molecule has 0 spiro atoms. The number of rotatable bonds is 10. The van der Waals surface area contributed by atoms with E-state index in [-0.39, 0.29) is 6.61 Å². The van der Waals surface area contributed by atoms with E-state index in [1.54, 1.807) is 18.4 Å². The van der Waals surface area contributed by atoms with Gasteiger partial charge in [-0.15, -0.1) is 21.5 Å². The van der Waals surface area contributed by atoms with Gasteiger partial charge in [-0.25, -0.2) is 0 Å². The summed E-state index contributed by atoms with van der Waals surface area (Å²) >= 11 is 1.70. The summed E-state index contributed by atoms with van der Waals surface area (Å²) in [5.41, 5.74) is 1.20. The average Bonchev–Trinajstić information content (AvgIpc) is 3.43. The summed E-state index contributed by atoms with van der Waals surface area (Å²) in [5.74, 6) is 2.10. The molecule has 0 amide bonds. The maximum atomic E-state index is 5.64. The van der Waals surface area contributed by atoms with Gasteiger partial charge in [0.1, 0.15) is 16.4 Å². The van der Waals surface area contributed by atoms with Crippen LogP contribution < -0.4 is 14.8 Å². The molecular weight excluding hydrogens is 402 g/mol. The second kappa shape index (κ2) is 9.49. The average molecular weight is 426 g/mol. The van der Waals surface area contributed by atoms with Crippen LogP contribution in [0.2, 0.25) is 0 Å². The Morgan fingerprint density at radius 3 is 2.73 bits per heavy atom. The first-order chi connectivity index (χ1) is 14.7. The highest BCUT2D eigenvalue weighted by molar-refractivity contribution is 7.18. The molecule has 0 unspecified atom stereocenters. The van der Waals surface area contributed by atoms with Crippen molar-refractivity contribution < 1.29 is 9.47 Å². The number of anilines is 1. The number of tetrazole rings is 1. The zero-order valence-corrected chi connectivity index (χ0v) is 17.7. The second-order valence-electron chi connectivity index (χ2n) is 6.68. The molecule has 0 bridgehead atoms. The Hall–Kier alpha value is -3.27. The molecule has 9 nitrogen and oxygen atoms in total. The third-order valence-electron chi connectivity index (χ3n) is 4.49. The van der Waals surface area contributed by atoms with Crippen molar-refractivity contribution in [2.75, 3.05) is 19.0 Å². The molecule has 4 rings (SSSR count). The molecule has 0 aliphatic carbocycles. The van der Waals surface area contributed by atoms with Gasteiger partial charge in [-0.3, -0.25) is 0 Å². The zero-order valence-electron chi connectivity index (χ0n) is 16.9. The van der Waals surface area contributed by atoms with E-state index in [2.05, 4.69) is 48.9 Å². The molecule has 0 saturated heterocycles. The Kier molecular flexibility index (Phi) is 6.33. The molecule has 0 aliphatic heterocycles. The molecule has 30 heavy (non-hydrogen) atoms. The third kappa shape index (κ3) is 4.82. The lowest BCUT2D eigenvalue weighted by atomic mass is 10.1. The van der Waals surface area contributed by atoms with Gasteiger partial charge in [-0.05, 0) is 36.6 Å². The summed E-state index contributed by atoms with van der Waals surface area (Å²) in [7, 11) is 1.59. The second-order valence-corrected chi connectivity index (χ2v) is 7.79. The van der Waals surface area contributed by atoms with Gasteiger partial charge in [0.05, 0.1) is 12.5 Å². The predicted molar refractivity (Wildman–Crippen MR) is 115 cm³/mol. The number of aryl methyl sites for hydroxylation is 1. The van der Waals surface area contributed by atoms with E-state index in [0.717, 1.165) is 47.6 Å². The van der Waals surface area contributed by atoms with E-state index in [1.807, 2.05) is 24.3 Å². The molecule has 0 aliphatic rings. The highest BCUT2D eigenvalue weighted by atomic mass is 32.1. The number of methoxy groups -OCH3 is 1. The monoisotopic (exact) mass is 425 g/mol. The van der Waals surface area contributed by atoms with Crippen LogP contribution in [0.1, 0.15) is 29.6 Å². The van der Waals surface area contributed by atoms with Crippen molar-refractivity contribution in [3.05, 3.63) is 46.6 Å². The fourth-order valence-corrected chi connectivity index (χ4v) is 4.14. The van der Waals surface area contributed by atoms with E-state index in [0.29, 0.717) is 11.8 Å². The molecule has 4 aromatic rings. The third-order valence-corrected chi connectivity index (χ3v) is 5.58. The lowest BCUT2D eigenvalue weighted by Gasteiger charge is -2.09. The minimum atomic E-state index is 0.281. The van der Waals surface area contributed by atoms with Gasteiger partial charge < -0.3 is 14.8 Å². The zero-order chi connectivity index (χ0) is 20.8. The minimum Gasteiger partial charge on any atom is -0.485 e. The van der Waals surface area contributed by atoms with Crippen molar-refractivity contribution in [3.63, 3.8) is 0 Å². The standard InChI is InChI=1S/C20H23N7O2S/c1-3-4-15-11-16-18(22-20(28-2)23-19(16)30-15)21-10-9-13-5-7-14(8-6-13)29-12-17-24-26-27-25-17/h5-8,11H,3-4,9-10,12H2,1-2H3,(H,21,22,23)(H,24,25,26,27). The Morgan fingerprint density at radius 2 is 2.00 bits per heavy atom. The molecule has 0 saturated carbocycles. The summed E-state index contributed by atoms with van der Waals surface area (Å²) < 4.78 is 10.9. The van der Waals surface area contributed by atoms with Crippen molar-refractivity contribution in [3.8, 4) is 11.8 Å². The SMILES string of the molecule is CCCc1cc2c(NCCc3ccc(OCc4nn[nH]n4)cc3)nc(OC)nc2s1. The molecule has 3 heterocycles. The number of thiophene rings is 1. The summed E-state index contributed by atoms with van der Waals surface area (Å²) in [6.07, 6.45) is 3.00. The lowest BCUT2D eigenvalue weighted by Crippen LogP contribution is -2.07. The Morgan fingerprint density at radius 1 is 1.13 bits per heavy atom. The number of hydrogen-bond donors (Lipinski definition) is 2. The number of hydrogen-bond acceptors (Lipinski definition) is 9. The summed E-state index contributed by atoms with van der Waals surface area (Å²) in [6, 6.07) is 10.6. The van der Waals surface area contributed by atoms with E-state index >= 15 is 0 Å². The Bertz CT molecular complexity index is 1080. The van der Waals surface area contributed by atoms with Crippen LogP contribution in [0.25, 0.3) is 10.2 Å². The molecular formula is C20H23N7O2S. The molecule has 3 aromatic heterocycles.